The van der Waals surface area contributed by atoms with Crippen LogP contribution < -0.4 is 10.6 Å². The zero-order valence-electron chi connectivity index (χ0n) is 11.9. The molecule has 1 aromatic rings. The van der Waals surface area contributed by atoms with E-state index in [1.165, 1.54) is 0 Å². The fourth-order valence-corrected chi connectivity index (χ4v) is 3.91. The predicted octanol–water partition coefficient (Wildman–Crippen LogP) is 1.61. The number of amides is 1. The second-order valence-corrected chi connectivity index (χ2v) is 6.88. The first-order chi connectivity index (χ1) is 9.74. The van der Waals surface area contributed by atoms with E-state index in [1.807, 2.05) is 6.92 Å². The van der Waals surface area contributed by atoms with Crippen LogP contribution in [0.15, 0.2) is 6.20 Å². The number of carbonyl (C=O) groups is 1. The van der Waals surface area contributed by atoms with Gasteiger partial charge in [-0.15, -0.1) is 11.3 Å². The van der Waals surface area contributed by atoms with E-state index in [0.29, 0.717) is 6.04 Å². The average Bonchev–Trinajstić information content (AvgIpc) is 3.09. The van der Waals surface area contributed by atoms with Gasteiger partial charge in [0.2, 0.25) is 5.91 Å². The van der Waals surface area contributed by atoms with Crippen LogP contribution in [0.4, 0.5) is 5.13 Å². The largest absolute Gasteiger partial charge is 0.317 e. The Bertz CT molecular complexity index is 469. The highest BCUT2D eigenvalue weighted by molar-refractivity contribution is 7.15. The number of aryl methyl sites for hydroxylation is 1. The van der Waals surface area contributed by atoms with E-state index in [0.717, 1.165) is 55.3 Å². The summed E-state index contributed by atoms with van der Waals surface area (Å²) in [6.07, 6.45) is 6.21. The van der Waals surface area contributed by atoms with Crippen molar-refractivity contribution in [3.8, 4) is 0 Å². The molecule has 2 aliphatic rings. The minimum Gasteiger partial charge on any atom is -0.317 e. The Morgan fingerprint density at radius 1 is 1.45 bits per heavy atom. The van der Waals surface area contributed by atoms with Crippen LogP contribution in [-0.2, 0) is 4.79 Å². The number of thiazole rings is 1. The summed E-state index contributed by atoms with van der Waals surface area (Å²) in [4.78, 5) is 20.2. The van der Waals surface area contributed by atoms with Gasteiger partial charge in [-0.3, -0.25) is 9.69 Å². The molecule has 20 heavy (non-hydrogen) atoms. The number of aromatic nitrogens is 1. The van der Waals surface area contributed by atoms with Crippen LogP contribution in [0.3, 0.4) is 0 Å². The van der Waals surface area contributed by atoms with Gasteiger partial charge in [-0.05, 0) is 52.2 Å². The first-order valence-corrected chi connectivity index (χ1v) is 8.25. The Kier molecular flexibility index (Phi) is 4.33. The zero-order valence-corrected chi connectivity index (χ0v) is 12.7. The van der Waals surface area contributed by atoms with Gasteiger partial charge >= 0.3 is 0 Å². The van der Waals surface area contributed by atoms with Crippen molar-refractivity contribution in [2.45, 2.75) is 44.7 Å². The normalized spacial score (nSPS) is 24.9. The lowest BCUT2D eigenvalue weighted by molar-refractivity contribution is -0.121. The standard InChI is InChI=1S/C14H22N4OS/c1-10-9-16-14(20-10)17-13(19)12-3-2-8-18(12)11-4-6-15-7-5-11/h9,11-12,15H,2-8H2,1H3,(H,16,17,19). The summed E-state index contributed by atoms with van der Waals surface area (Å²) in [7, 11) is 0. The van der Waals surface area contributed by atoms with Crippen LogP contribution in [0.25, 0.3) is 0 Å². The average molecular weight is 294 g/mol. The molecular formula is C14H22N4OS. The van der Waals surface area contributed by atoms with Crippen molar-refractivity contribution in [1.82, 2.24) is 15.2 Å². The summed E-state index contributed by atoms with van der Waals surface area (Å²) in [5, 5.41) is 7.10. The molecule has 0 bridgehead atoms. The lowest BCUT2D eigenvalue weighted by Crippen LogP contribution is -2.49. The monoisotopic (exact) mass is 294 g/mol. The first-order valence-electron chi connectivity index (χ1n) is 7.44. The molecule has 5 nitrogen and oxygen atoms in total. The first kappa shape index (κ1) is 14.0. The molecule has 2 aliphatic heterocycles. The smallest absolute Gasteiger partial charge is 0.243 e. The molecule has 0 spiro atoms. The van der Waals surface area contributed by atoms with Crippen molar-refractivity contribution in [3.05, 3.63) is 11.1 Å². The highest BCUT2D eigenvalue weighted by Gasteiger charge is 2.35. The van der Waals surface area contributed by atoms with Crippen molar-refractivity contribution in [1.29, 1.82) is 0 Å². The lowest BCUT2D eigenvalue weighted by Gasteiger charge is -2.35. The molecule has 3 rings (SSSR count). The van der Waals surface area contributed by atoms with Gasteiger partial charge in [-0.1, -0.05) is 0 Å². The summed E-state index contributed by atoms with van der Waals surface area (Å²) in [6.45, 7) is 5.20. The minimum absolute atomic E-state index is 0.0299. The number of hydrogen-bond donors (Lipinski definition) is 2. The van der Waals surface area contributed by atoms with Crippen LogP contribution >= 0.6 is 11.3 Å². The zero-order chi connectivity index (χ0) is 13.9. The fraction of sp³-hybridized carbons (Fsp3) is 0.714. The molecule has 1 atom stereocenters. The second kappa shape index (κ2) is 6.20. The van der Waals surface area contributed by atoms with Crippen LogP contribution in [0, 0.1) is 6.92 Å². The number of nitrogens with one attached hydrogen (secondary N) is 2. The van der Waals surface area contributed by atoms with Crippen LogP contribution in [0.2, 0.25) is 0 Å². The van der Waals surface area contributed by atoms with E-state index in [2.05, 4.69) is 20.5 Å². The molecule has 0 saturated carbocycles. The number of carbonyl (C=O) groups excluding carboxylic acids is 1. The van der Waals surface area contributed by atoms with E-state index in [-0.39, 0.29) is 11.9 Å². The molecule has 0 aromatic carbocycles. The van der Waals surface area contributed by atoms with Gasteiger partial charge in [0.1, 0.15) is 0 Å². The summed E-state index contributed by atoms with van der Waals surface area (Å²) in [5.74, 6) is 0.121. The van der Waals surface area contributed by atoms with Crippen LogP contribution in [-0.4, -0.2) is 47.5 Å². The third-order valence-corrected chi connectivity index (χ3v) is 5.05. The molecule has 110 valence electrons. The van der Waals surface area contributed by atoms with E-state index >= 15 is 0 Å². The number of anilines is 1. The lowest BCUT2D eigenvalue weighted by atomic mass is 10.0. The predicted molar refractivity (Wildman–Crippen MR) is 81.1 cm³/mol. The number of nitrogens with zero attached hydrogens (tertiary/aromatic N) is 2. The molecule has 2 fully saturated rings. The maximum absolute atomic E-state index is 12.5. The molecule has 1 unspecified atom stereocenters. The highest BCUT2D eigenvalue weighted by atomic mass is 32.1. The molecule has 0 radical (unpaired) electrons. The molecule has 1 aromatic heterocycles. The highest BCUT2D eigenvalue weighted by Crippen LogP contribution is 2.26. The molecule has 2 N–H and O–H groups in total. The Morgan fingerprint density at radius 3 is 2.95 bits per heavy atom. The van der Waals surface area contributed by atoms with E-state index < -0.39 is 0 Å². The second-order valence-electron chi connectivity index (χ2n) is 5.64. The molecule has 0 aliphatic carbocycles. The number of piperidine rings is 1. The SMILES string of the molecule is Cc1cnc(NC(=O)C2CCCN2C2CCNCC2)s1. The maximum Gasteiger partial charge on any atom is 0.243 e. The maximum atomic E-state index is 12.5. The quantitative estimate of drug-likeness (QED) is 0.889. The number of likely N-dealkylation sites (tertiary alicyclic amines) is 1. The fourth-order valence-electron chi connectivity index (χ4n) is 3.25. The molecule has 6 heteroatoms. The van der Waals surface area contributed by atoms with E-state index in [4.69, 9.17) is 0 Å². The molecule has 3 heterocycles. The van der Waals surface area contributed by atoms with E-state index in [1.54, 1.807) is 17.5 Å². The summed E-state index contributed by atoms with van der Waals surface area (Å²) in [5.41, 5.74) is 0. The van der Waals surface area contributed by atoms with Gasteiger partial charge in [-0.2, -0.15) is 0 Å². The van der Waals surface area contributed by atoms with Crippen molar-refractivity contribution in [2.24, 2.45) is 0 Å². The Hall–Kier alpha value is -0.980. The summed E-state index contributed by atoms with van der Waals surface area (Å²) < 4.78 is 0. The number of hydrogen-bond acceptors (Lipinski definition) is 5. The number of rotatable bonds is 3. The van der Waals surface area contributed by atoms with Gasteiger partial charge < -0.3 is 10.6 Å². The van der Waals surface area contributed by atoms with Crippen molar-refractivity contribution < 1.29 is 4.79 Å². The van der Waals surface area contributed by atoms with Crippen molar-refractivity contribution >= 4 is 22.4 Å². The van der Waals surface area contributed by atoms with Crippen LogP contribution in [0.1, 0.15) is 30.6 Å². The molecular weight excluding hydrogens is 272 g/mol. The topological polar surface area (TPSA) is 57.3 Å². The van der Waals surface area contributed by atoms with Gasteiger partial charge in [-0.25, -0.2) is 4.98 Å². The Labute approximate surface area is 123 Å². The van der Waals surface area contributed by atoms with Gasteiger partial charge in [0.05, 0.1) is 6.04 Å². The van der Waals surface area contributed by atoms with Crippen molar-refractivity contribution in [3.63, 3.8) is 0 Å². The third kappa shape index (κ3) is 3.02. The summed E-state index contributed by atoms with van der Waals surface area (Å²) in [6, 6.07) is 0.592. The van der Waals surface area contributed by atoms with Gasteiger partial charge in [0, 0.05) is 17.1 Å². The Morgan fingerprint density at radius 2 is 2.25 bits per heavy atom. The third-order valence-electron chi connectivity index (χ3n) is 4.23. The van der Waals surface area contributed by atoms with Crippen molar-refractivity contribution in [2.75, 3.05) is 25.0 Å². The molecule has 1 amide bonds. The summed E-state index contributed by atoms with van der Waals surface area (Å²) >= 11 is 1.54. The minimum atomic E-state index is 0.0299. The Balaban J connectivity index is 1.63. The van der Waals surface area contributed by atoms with Gasteiger partial charge in [0.15, 0.2) is 5.13 Å². The van der Waals surface area contributed by atoms with Crippen LogP contribution in [0.5, 0.6) is 0 Å². The molecule has 2 saturated heterocycles. The van der Waals surface area contributed by atoms with E-state index in [9.17, 15) is 4.79 Å². The van der Waals surface area contributed by atoms with Gasteiger partial charge in [0.25, 0.3) is 0 Å².